The second kappa shape index (κ2) is 8.10. The Morgan fingerprint density at radius 2 is 1.88 bits per heavy atom. The van der Waals surface area contributed by atoms with Crippen LogP contribution in [0.25, 0.3) is 0 Å². The molecule has 2 heteroatoms. The Morgan fingerprint density at radius 3 is 2.41 bits per heavy atom. The van der Waals surface area contributed by atoms with Gasteiger partial charge in [-0.15, -0.1) is 0 Å². The van der Waals surface area contributed by atoms with Crippen molar-refractivity contribution in [2.75, 3.05) is 20.1 Å². The summed E-state index contributed by atoms with van der Waals surface area (Å²) in [5.41, 5.74) is 5.97. The number of rotatable bonds is 7. The van der Waals surface area contributed by atoms with Crippen LogP contribution in [-0.4, -0.2) is 31.1 Å². The molecule has 17 heavy (non-hydrogen) atoms. The zero-order chi connectivity index (χ0) is 12.7. The van der Waals surface area contributed by atoms with Gasteiger partial charge in [0.25, 0.3) is 0 Å². The molecule has 0 amide bonds. The van der Waals surface area contributed by atoms with Gasteiger partial charge in [0.05, 0.1) is 0 Å². The van der Waals surface area contributed by atoms with Crippen LogP contribution in [0.4, 0.5) is 0 Å². The van der Waals surface area contributed by atoms with E-state index < -0.39 is 0 Å². The van der Waals surface area contributed by atoms with Crippen LogP contribution in [0.15, 0.2) is 0 Å². The predicted molar refractivity (Wildman–Crippen MR) is 76.1 cm³/mol. The number of hydrogen-bond acceptors (Lipinski definition) is 2. The monoisotopic (exact) mass is 240 g/mol. The Bertz CT molecular complexity index is 187. The molecule has 1 aliphatic rings. The van der Waals surface area contributed by atoms with Crippen molar-refractivity contribution in [1.82, 2.24) is 4.90 Å². The summed E-state index contributed by atoms with van der Waals surface area (Å²) in [6, 6.07) is 0.604. The van der Waals surface area contributed by atoms with Crippen LogP contribution in [0.1, 0.15) is 58.8 Å². The van der Waals surface area contributed by atoms with Gasteiger partial charge in [0.15, 0.2) is 0 Å². The molecule has 0 heterocycles. The first-order chi connectivity index (χ1) is 8.17. The fourth-order valence-corrected chi connectivity index (χ4v) is 3.03. The third-order valence-electron chi connectivity index (χ3n) is 4.52. The number of hydrogen-bond donors (Lipinski definition) is 1. The van der Waals surface area contributed by atoms with E-state index >= 15 is 0 Å². The summed E-state index contributed by atoms with van der Waals surface area (Å²) in [4.78, 5) is 2.50. The first-order valence-electron chi connectivity index (χ1n) is 7.57. The highest BCUT2D eigenvalue weighted by Crippen LogP contribution is 2.28. The molecule has 1 fully saturated rings. The van der Waals surface area contributed by atoms with Gasteiger partial charge in [0, 0.05) is 19.1 Å². The minimum Gasteiger partial charge on any atom is -0.329 e. The second-order valence-corrected chi connectivity index (χ2v) is 6.08. The molecule has 1 rings (SSSR count). The van der Waals surface area contributed by atoms with Crippen molar-refractivity contribution in [1.29, 1.82) is 0 Å². The maximum Gasteiger partial charge on any atom is 0.0218 e. The van der Waals surface area contributed by atoms with Gasteiger partial charge in [0.1, 0.15) is 0 Å². The molecule has 2 nitrogen and oxygen atoms in total. The van der Waals surface area contributed by atoms with E-state index in [4.69, 9.17) is 5.73 Å². The molecule has 102 valence electrons. The standard InChI is InChI=1S/C15H32N2/c1-4-13(2)12-17(3)15(11-16)10-14-8-6-5-7-9-14/h13-15H,4-12,16H2,1-3H3. The Hall–Kier alpha value is -0.0800. The average Bonchev–Trinajstić information content (AvgIpc) is 2.36. The van der Waals surface area contributed by atoms with Crippen molar-refractivity contribution >= 4 is 0 Å². The van der Waals surface area contributed by atoms with Crippen LogP contribution in [-0.2, 0) is 0 Å². The fraction of sp³-hybridized carbons (Fsp3) is 1.00. The number of nitrogens with zero attached hydrogens (tertiary/aromatic N) is 1. The van der Waals surface area contributed by atoms with E-state index in [0.29, 0.717) is 6.04 Å². The summed E-state index contributed by atoms with van der Waals surface area (Å²) >= 11 is 0. The lowest BCUT2D eigenvalue weighted by molar-refractivity contribution is 0.171. The number of likely N-dealkylation sites (N-methyl/N-ethyl adjacent to an activating group) is 1. The lowest BCUT2D eigenvalue weighted by Gasteiger charge is -2.33. The third-order valence-corrected chi connectivity index (χ3v) is 4.52. The summed E-state index contributed by atoms with van der Waals surface area (Å²) in [6.07, 6.45) is 9.80. The van der Waals surface area contributed by atoms with Crippen LogP contribution >= 0.6 is 0 Å². The molecular formula is C15H32N2. The predicted octanol–water partition coefficient (Wildman–Crippen LogP) is 3.26. The molecular weight excluding hydrogens is 208 g/mol. The van der Waals surface area contributed by atoms with E-state index in [9.17, 15) is 0 Å². The van der Waals surface area contributed by atoms with Gasteiger partial charge >= 0.3 is 0 Å². The van der Waals surface area contributed by atoms with E-state index in [1.165, 1.54) is 51.5 Å². The summed E-state index contributed by atoms with van der Waals surface area (Å²) in [5, 5.41) is 0. The maximum atomic E-state index is 5.97. The minimum atomic E-state index is 0.604. The van der Waals surface area contributed by atoms with Crippen molar-refractivity contribution in [2.24, 2.45) is 17.6 Å². The van der Waals surface area contributed by atoms with Gasteiger partial charge in [-0.25, -0.2) is 0 Å². The zero-order valence-corrected chi connectivity index (χ0v) is 12.1. The van der Waals surface area contributed by atoms with Crippen molar-refractivity contribution in [3.8, 4) is 0 Å². The van der Waals surface area contributed by atoms with Gasteiger partial charge in [0.2, 0.25) is 0 Å². The van der Waals surface area contributed by atoms with Gasteiger partial charge in [-0.1, -0.05) is 52.4 Å². The summed E-state index contributed by atoms with van der Waals surface area (Å²) in [7, 11) is 2.26. The van der Waals surface area contributed by atoms with Gasteiger partial charge in [-0.2, -0.15) is 0 Å². The van der Waals surface area contributed by atoms with Gasteiger partial charge in [-0.05, 0) is 25.3 Å². The molecule has 0 radical (unpaired) electrons. The number of nitrogens with two attached hydrogens (primary N) is 1. The smallest absolute Gasteiger partial charge is 0.0218 e. The Labute approximate surface area is 108 Å². The largest absolute Gasteiger partial charge is 0.329 e. The van der Waals surface area contributed by atoms with Crippen LogP contribution in [0, 0.1) is 11.8 Å². The van der Waals surface area contributed by atoms with Crippen LogP contribution in [0.3, 0.4) is 0 Å². The summed E-state index contributed by atoms with van der Waals surface area (Å²) < 4.78 is 0. The van der Waals surface area contributed by atoms with Crippen molar-refractivity contribution in [2.45, 2.75) is 64.8 Å². The maximum absolute atomic E-state index is 5.97. The molecule has 0 bridgehead atoms. The molecule has 0 spiro atoms. The fourth-order valence-electron chi connectivity index (χ4n) is 3.03. The van der Waals surface area contributed by atoms with Crippen LogP contribution < -0.4 is 5.73 Å². The van der Waals surface area contributed by atoms with Gasteiger partial charge < -0.3 is 10.6 Å². The Morgan fingerprint density at radius 1 is 1.24 bits per heavy atom. The third kappa shape index (κ3) is 5.39. The van der Waals surface area contributed by atoms with E-state index in [1.54, 1.807) is 0 Å². The van der Waals surface area contributed by atoms with Crippen molar-refractivity contribution in [3.05, 3.63) is 0 Å². The van der Waals surface area contributed by atoms with E-state index in [-0.39, 0.29) is 0 Å². The molecule has 0 aromatic carbocycles. The molecule has 2 atom stereocenters. The minimum absolute atomic E-state index is 0.604. The van der Waals surface area contributed by atoms with E-state index in [1.807, 2.05) is 0 Å². The van der Waals surface area contributed by atoms with Gasteiger partial charge in [-0.3, -0.25) is 0 Å². The molecule has 0 aliphatic heterocycles. The van der Waals surface area contributed by atoms with Crippen molar-refractivity contribution in [3.63, 3.8) is 0 Å². The lowest BCUT2D eigenvalue weighted by Crippen LogP contribution is -2.41. The topological polar surface area (TPSA) is 29.3 Å². The first kappa shape index (κ1) is 15.0. The summed E-state index contributed by atoms with van der Waals surface area (Å²) in [5.74, 6) is 1.73. The molecule has 2 N–H and O–H groups in total. The zero-order valence-electron chi connectivity index (χ0n) is 12.1. The van der Waals surface area contributed by atoms with Crippen LogP contribution in [0.2, 0.25) is 0 Å². The highest BCUT2D eigenvalue weighted by atomic mass is 15.1. The van der Waals surface area contributed by atoms with Crippen LogP contribution in [0.5, 0.6) is 0 Å². The lowest BCUT2D eigenvalue weighted by atomic mass is 9.84. The molecule has 0 aromatic heterocycles. The SMILES string of the molecule is CCC(C)CN(C)C(CN)CC1CCCCC1. The molecule has 2 unspecified atom stereocenters. The Kier molecular flexibility index (Phi) is 7.14. The molecule has 1 saturated carbocycles. The average molecular weight is 240 g/mol. The van der Waals surface area contributed by atoms with E-state index in [0.717, 1.165) is 18.4 Å². The Balaban J connectivity index is 2.34. The van der Waals surface area contributed by atoms with Crippen molar-refractivity contribution < 1.29 is 0 Å². The summed E-state index contributed by atoms with van der Waals surface area (Å²) in [6.45, 7) is 6.64. The molecule has 1 aliphatic carbocycles. The quantitative estimate of drug-likeness (QED) is 0.740. The normalized spacial score (nSPS) is 21.7. The first-order valence-corrected chi connectivity index (χ1v) is 7.57. The molecule has 0 aromatic rings. The van der Waals surface area contributed by atoms with E-state index in [2.05, 4.69) is 25.8 Å². The molecule has 0 saturated heterocycles. The highest BCUT2D eigenvalue weighted by Gasteiger charge is 2.21. The second-order valence-electron chi connectivity index (χ2n) is 6.08. The highest BCUT2D eigenvalue weighted by molar-refractivity contribution is 4.77.